The van der Waals surface area contributed by atoms with Crippen LogP contribution in [0.2, 0.25) is 0 Å². The number of nitrogens with one attached hydrogen (secondary N) is 2. The molecule has 24 heavy (non-hydrogen) atoms. The van der Waals surface area contributed by atoms with Gasteiger partial charge >= 0.3 is 6.03 Å². The van der Waals surface area contributed by atoms with Crippen LogP contribution in [0.15, 0.2) is 30.5 Å². The summed E-state index contributed by atoms with van der Waals surface area (Å²) in [7, 11) is 0. The van der Waals surface area contributed by atoms with Gasteiger partial charge in [-0.15, -0.1) is 0 Å². The van der Waals surface area contributed by atoms with Crippen molar-refractivity contribution in [3.63, 3.8) is 0 Å². The highest BCUT2D eigenvalue weighted by molar-refractivity contribution is 6.06. The molecule has 0 aliphatic carbocycles. The van der Waals surface area contributed by atoms with Crippen molar-refractivity contribution in [2.75, 3.05) is 24.5 Å². The lowest BCUT2D eigenvalue weighted by molar-refractivity contribution is -0.120. The van der Waals surface area contributed by atoms with Crippen LogP contribution in [0.3, 0.4) is 0 Å². The molecule has 7 heteroatoms. The van der Waals surface area contributed by atoms with Gasteiger partial charge in [0.2, 0.25) is 5.91 Å². The standard InChI is InChI=1S/C17H17N5O2/c23-16-5-8-22(17(24)21-16)12-9-15-14(19-10-12)2-1-13(20-15)11-3-6-18-7-4-11/h1-3,9-10,18H,4-8H2,(H,21,23,24). The highest BCUT2D eigenvalue weighted by atomic mass is 16.2. The predicted molar refractivity (Wildman–Crippen MR) is 90.5 cm³/mol. The molecule has 7 nitrogen and oxygen atoms in total. The summed E-state index contributed by atoms with van der Waals surface area (Å²) in [5.41, 5.74) is 4.35. The maximum atomic E-state index is 12.0. The van der Waals surface area contributed by atoms with E-state index in [0.29, 0.717) is 12.2 Å². The molecule has 0 atom stereocenters. The highest BCUT2D eigenvalue weighted by Gasteiger charge is 2.24. The smallest absolute Gasteiger partial charge is 0.313 e. The van der Waals surface area contributed by atoms with Gasteiger partial charge in [-0.05, 0) is 36.7 Å². The third kappa shape index (κ3) is 2.74. The van der Waals surface area contributed by atoms with E-state index < -0.39 is 6.03 Å². The fourth-order valence-corrected chi connectivity index (χ4v) is 2.99. The molecule has 4 heterocycles. The number of hydrogen-bond acceptors (Lipinski definition) is 5. The maximum absolute atomic E-state index is 12.0. The molecule has 0 radical (unpaired) electrons. The first kappa shape index (κ1) is 14.8. The summed E-state index contributed by atoms with van der Waals surface area (Å²) in [6, 6.07) is 5.37. The van der Waals surface area contributed by atoms with Crippen molar-refractivity contribution >= 4 is 34.2 Å². The molecule has 2 N–H and O–H groups in total. The minimum Gasteiger partial charge on any atom is -0.313 e. The van der Waals surface area contributed by atoms with Gasteiger partial charge in [0, 0.05) is 19.5 Å². The highest BCUT2D eigenvalue weighted by Crippen LogP contribution is 2.24. The Morgan fingerprint density at radius 1 is 1.12 bits per heavy atom. The summed E-state index contributed by atoms with van der Waals surface area (Å²) in [5.74, 6) is -0.247. The Morgan fingerprint density at radius 3 is 2.83 bits per heavy atom. The molecule has 0 saturated carbocycles. The van der Waals surface area contributed by atoms with Crippen molar-refractivity contribution in [3.8, 4) is 0 Å². The zero-order valence-corrected chi connectivity index (χ0v) is 13.1. The Labute approximate surface area is 138 Å². The van der Waals surface area contributed by atoms with E-state index in [-0.39, 0.29) is 12.3 Å². The van der Waals surface area contributed by atoms with Gasteiger partial charge in [-0.25, -0.2) is 9.78 Å². The van der Waals surface area contributed by atoms with E-state index in [0.717, 1.165) is 36.2 Å². The van der Waals surface area contributed by atoms with Crippen molar-refractivity contribution in [1.29, 1.82) is 0 Å². The monoisotopic (exact) mass is 323 g/mol. The van der Waals surface area contributed by atoms with Crippen LogP contribution in [0.5, 0.6) is 0 Å². The number of imide groups is 1. The van der Waals surface area contributed by atoms with Gasteiger partial charge in [0.1, 0.15) is 0 Å². The summed E-state index contributed by atoms with van der Waals surface area (Å²) >= 11 is 0. The molecule has 2 aromatic heterocycles. The Hall–Kier alpha value is -2.80. The van der Waals surface area contributed by atoms with Crippen molar-refractivity contribution in [2.45, 2.75) is 12.8 Å². The molecule has 3 amide bonds. The van der Waals surface area contributed by atoms with E-state index in [2.05, 4.69) is 21.7 Å². The summed E-state index contributed by atoms with van der Waals surface area (Å²) < 4.78 is 0. The van der Waals surface area contributed by atoms with Gasteiger partial charge in [-0.1, -0.05) is 6.08 Å². The number of fused-ring (bicyclic) bond motifs is 1. The Balaban J connectivity index is 1.70. The van der Waals surface area contributed by atoms with Crippen LogP contribution in [-0.4, -0.2) is 41.5 Å². The van der Waals surface area contributed by atoms with Gasteiger partial charge in [0.05, 0.1) is 28.6 Å². The Kier molecular flexibility index (Phi) is 3.70. The predicted octanol–water partition coefficient (Wildman–Crippen LogP) is 1.45. The van der Waals surface area contributed by atoms with Crippen LogP contribution >= 0.6 is 0 Å². The third-order valence-corrected chi connectivity index (χ3v) is 4.28. The first-order valence-electron chi connectivity index (χ1n) is 7.99. The lowest BCUT2D eigenvalue weighted by Crippen LogP contribution is -2.49. The molecule has 122 valence electrons. The number of anilines is 1. The van der Waals surface area contributed by atoms with Crippen LogP contribution in [-0.2, 0) is 4.79 Å². The fraction of sp³-hybridized carbons (Fsp3) is 0.294. The molecule has 0 unspecified atom stereocenters. The number of nitrogens with zero attached hydrogens (tertiary/aromatic N) is 3. The van der Waals surface area contributed by atoms with E-state index in [1.165, 1.54) is 10.5 Å². The number of carbonyl (C=O) groups is 2. The normalized spacial score (nSPS) is 18.5. The van der Waals surface area contributed by atoms with Gasteiger partial charge in [-0.2, -0.15) is 0 Å². The quantitative estimate of drug-likeness (QED) is 0.873. The minimum absolute atomic E-state index is 0.247. The Bertz CT molecular complexity index is 861. The van der Waals surface area contributed by atoms with E-state index in [1.54, 1.807) is 6.20 Å². The van der Waals surface area contributed by atoms with Gasteiger partial charge in [0.25, 0.3) is 0 Å². The molecule has 2 aliphatic rings. The molecule has 2 aliphatic heterocycles. The fourth-order valence-electron chi connectivity index (χ4n) is 2.99. The van der Waals surface area contributed by atoms with Crippen molar-refractivity contribution in [3.05, 3.63) is 36.2 Å². The first-order valence-corrected chi connectivity index (χ1v) is 7.99. The number of pyridine rings is 2. The van der Waals surface area contributed by atoms with Crippen LogP contribution in [0, 0.1) is 0 Å². The summed E-state index contributed by atoms with van der Waals surface area (Å²) in [6.45, 7) is 2.16. The van der Waals surface area contributed by atoms with Crippen LogP contribution in [0.4, 0.5) is 10.5 Å². The number of carbonyl (C=O) groups excluding carboxylic acids is 2. The number of rotatable bonds is 2. The van der Waals surface area contributed by atoms with Crippen molar-refractivity contribution < 1.29 is 9.59 Å². The SMILES string of the molecule is O=C1CCN(c2cnc3ccc(C4=CCNCC4)nc3c2)C(=O)N1. The van der Waals surface area contributed by atoms with Gasteiger partial charge in [0.15, 0.2) is 0 Å². The van der Waals surface area contributed by atoms with E-state index in [9.17, 15) is 9.59 Å². The molecular formula is C17H17N5O2. The number of urea groups is 1. The van der Waals surface area contributed by atoms with Gasteiger partial charge in [-0.3, -0.25) is 20.0 Å². The number of aromatic nitrogens is 2. The summed E-state index contributed by atoms with van der Waals surface area (Å²) in [5, 5.41) is 5.61. The average Bonchev–Trinajstić information content (AvgIpc) is 2.61. The lowest BCUT2D eigenvalue weighted by Gasteiger charge is -2.26. The molecule has 0 spiro atoms. The second-order valence-corrected chi connectivity index (χ2v) is 5.87. The zero-order chi connectivity index (χ0) is 16.5. The third-order valence-electron chi connectivity index (χ3n) is 4.28. The first-order chi connectivity index (χ1) is 11.7. The van der Waals surface area contributed by atoms with E-state index in [1.807, 2.05) is 18.2 Å². The zero-order valence-electron chi connectivity index (χ0n) is 13.1. The lowest BCUT2D eigenvalue weighted by atomic mass is 10.1. The summed E-state index contributed by atoms with van der Waals surface area (Å²) in [4.78, 5) is 33.9. The van der Waals surface area contributed by atoms with Gasteiger partial charge < -0.3 is 5.32 Å². The molecule has 1 saturated heterocycles. The van der Waals surface area contributed by atoms with E-state index >= 15 is 0 Å². The van der Waals surface area contributed by atoms with Crippen molar-refractivity contribution in [2.24, 2.45) is 0 Å². The second kappa shape index (κ2) is 6.01. The molecule has 2 aromatic rings. The largest absolute Gasteiger partial charge is 0.328 e. The summed E-state index contributed by atoms with van der Waals surface area (Å²) in [6.07, 6.45) is 5.03. The van der Waals surface area contributed by atoms with Crippen LogP contribution in [0.1, 0.15) is 18.5 Å². The number of hydrogen-bond donors (Lipinski definition) is 2. The molecular weight excluding hydrogens is 306 g/mol. The average molecular weight is 323 g/mol. The van der Waals surface area contributed by atoms with Crippen molar-refractivity contribution in [1.82, 2.24) is 20.6 Å². The maximum Gasteiger partial charge on any atom is 0.328 e. The van der Waals surface area contributed by atoms with E-state index in [4.69, 9.17) is 4.98 Å². The van der Waals surface area contributed by atoms with Crippen LogP contribution in [0.25, 0.3) is 16.6 Å². The topological polar surface area (TPSA) is 87.2 Å². The second-order valence-electron chi connectivity index (χ2n) is 5.87. The number of amides is 3. The minimum atomic E-state index is -0.412. The molecule has 0 bridgehead atoms. The van der Waals surface area contributed by atoms with Crippen LogP contribution < -0.4 is 15.5 Å². The molecule has 4 rings (SSSR count). The molecule has 1 fully saturated rings. The molecule has 0 aromatic carbocycles. The Morgan fingerprint density at radius 2 is 2.04 bits per heavy atom.